The van der Waals surface area contributed by atoms with Crippen molar-refractivity contribution in [1.29, 1.82) is 0 Å². The van der Waals surface area contributed by atoms with Gasteiger partial charge in [0, 0.05) is 15.1 Å². The van der Waals surface area contributed by atoms with Gasteiger partial charge in [0.2, 0.25) is 0 Å². The third-order valence-electron chi connectivity index (χ3n) is 2.04. The number of hydrazine groups is 1. The van der Waals surface area contributed by atoms with E-state index >= 15 is 0 Å². The van der Waals surface area contributed by atoms with Gasteiger partial charge in [0.1, 0.15) is 0 Å². The Kier molecular flexibility index (Phi) is 5.39. The second-order valence-electron chi connectivity index (χ2n) is 3.31. The van der Waals surface area contributed by atoms with Gasteiger partial charge in [0.25, 0.3) is 0 Å². The lowest BCUT2D eigenvalue weighted by atomic mass is 10.2. The van der Waals surface area contributed by atoms with Crippen LogP contribution in [0, 0.1) is 0 Å². The van der Waals surface area contributed by atoms with Crippen LogP contribution in [0.1, 0.15) is 6.92 Å². The zero-order valence-electron chi connectivity index (χ0n) is 8.66. The highest BCUT2D eigenvalue weighted by Crippen LogP contribution is 2.27. The minimum atomic E-state index is 0.155. The summed E-state index contributed by atoms with van der Waals surface area (Å²) in [5, 5.41) is 0. The largest absolute Gasteiger partial charge is 0.271 e. The summed E-state index contributed by atoms with van der Waals surface area (Å²) in [5.41, 5.74) is 3.81. The predicted octanol–water partition coefficient (Wildman–Crippen LogP) is 2.95. The Morgan fingerprint density at radius 3 is 2.80 bits per heavy atom. The molecular weight excluding hydrogens is 272 g/mol. The lowest BCUT2D eigenvalue weighted by Gasteiger charge is -2.15. The third-order valence-corrected chi connectivity index (χ3v) is 4.16. The van der Waals surface area contributed by atoms with Gasteiger partial charge in [-0.3, -0.25) is 11.3 Å². The van der Waals surface area contributed by atoms with E-state index in [0.717, 1.165) is 15.8 Å². The first-order chi connectivity index (χ1) is 7.15. The molecule has 0 aliphatic carbocycles. The van der Waals surface area contributed by atoms with Gasteiger partial charge in [-0.2, -0.15) is 0 Å². The van der Waals surface area contributed by atoms with Crippen molar-refractivity contribution in [3.63, 3.8) is 0 Å². The maximum Gasteiger partial charge on any atom is 0.0508 e. The van der Waals surface area contributed by atoms with E-state index in [1.54, 1.807) is 11.8 Å². The van der Waals surface area contributed by atoms with Gasteiger partial charge >= 0.3 is 0 Å². The molecule has 0 spiro atoms. The normalized spacial score (nSPS) is 12.5. The number of nitrogens with one attached hydrogen (secondary N) is 1. The Hall–Kier alpha value is -0.290. The fourth-order valence-corrected chi connectivity index (χ4v) is 2.80. The average molecular weight is 287 g/mol. The molecule has 0 fully saturated rings. The van der Waals surface area contributed by atoms with Crippen LogP contribution in [0.25, 0.3) is 0 Å². The SMILES string of the molecule is C=C(C)C(CSc1ccccc1Br)NN. The molecule has 1 unspecified atom stereocenters. The van der Waals surface area contributed by atoms with Crippen LogP contribution in [0.3, 0.4) is 0 Å². The van der Waals surface area contributed by atoms with Crippen LogP contribution in [0.15, 0.2) is 45.8 Å². The van der Waals surface area contributed by atoms with E-state index in [1.165, 1.54) is 4.90 Å². The first kappa shape index (κ1) is 12.8. The molecule has 0 saturated carbocycles. The van der Waals surface area contributed by atoms with Crippen LogP contribution in [-0.2, 0) is 0 Å². The van der Waals surface area contributed by atoms with Crippen molar-refractivity contribution < 1.29 is 0 Å². The Labute approximate surface area is 103 Å². The Morgan fingerprint density at radius 1 is 1.60 bits per heavy atom. The van der Waals surface area contributed by atoms with Gasteiger partial charge in [0.15, 0.2) is 0 Å². The van der Waals surface area contributed by atoms with Crippen LogP contribution in [-0.4, -0.2) is 11.8 Å². The summed E-state index contributed by atoms with van der Waals surface area (Å²) >= 11 is 5.27. The summed E-state index contributed by atoms with van der Waals surface area (Å²) in [7, 11) is 0. The van der Waals surface area contributed by atoms with Gasteiger partial charge in [-0.1, -0.05) is 24.3 Å². The van der Waals surface area contributed by atoms with Crippen molar-refractivity contribution in [1.82, 2.24) is 5.43 Å². The highest BCUT2D eigenvalue weighted by Gasteiger charge is 2.08. The molecule has 0 radical (unpaired) electrons. The van der Waals surface area contributed by atoms with Crippen LogP contribution in [0.2, 0.25) is 0 Å². The first-order valence-corrected chi connectivity index (χ1v) is 6.42. The topological polar surface area (TPSA) is 38.0 Å². The summed E-state index contributed by atoms with van der Waals surface area (Å²) in [6.07, 6.45) is 0. The number of halogens is 1. The van der Waals surface area contributed by atoms with Crippen molar-refractivity contribution in [2.75, 3.05) is 5.75 Å². The summed E-state index contributed by atoms with van der Waals surface area (Å²) in [4.78, 5) is 1.22. The highest BCUT2D eigenvalue weighted by molar-refractivity contribution is 9.10. The molecule has 0 aliphatic rings. The van der Waals surface area contributed by atoms with Crippen LogP contribution < -0.4 is 11.3 Å². The maximum atomic E-state index is 5.44. The molecule has 1 atom stereocenters. The lowest BCUT2D eigenvalue weighted by molar-refractivity contribution is 0.649. The van der Waals surface area contributed by atoms with E-state index in [1.807, 2.05) is 25.1 Å². The van der Waals surface area contributed by atoms with E-state index in [4.69, 9.17) is 5.84 Å². The van der Waals surface area contributed by atoms with Crippen molar-refractivity contribution in [3.8, 4) is 0 Å². The van der Waals surface area contributed by atoms with E-state index < -0.39 is 0 Å². The number of hydrogen-bond donors (Lipinski definition) is 2. The van der Waals surface area contributed by atoms with E-state index in [2.05, 4.69) is 34.0 Å². The minimum Gasteiger partial charge on any atom is -0.271 e. The number of thioether (sulfide) groups is 1. The van der Waals surface area contributed by atoms with Gasteiger partial charge in [-0.05, 0) is 35.0 Å². The zero-order chi connectivity index (χ0) is 11.3. The molecule has 1 aromatic carbocycles. The quantitative estimate of drug-likeness (QED) is 0.378. The number of benzene rings is 1. The molecule has 0 aromatic heterocycles. The molecule has 0 bridgehead atoms. The van der Waals surface area contributed by atoms with Crippen molar-refractivity contribution >= 4 is 27.7 Å². The molecule has 0 heterocycles. The molecule has 1 aromatic rings. The zero-order valence-corrected chi connectivity index (χ0v) is 11.1. The molecule has 0 aliphatic heterocycles. The molecule has 82 valence electrons. The van der Waals surface area contributed by atoms with Crippen molar-refractivity contribution in [2.45, 2.75) is 17.9 Å². The van der Waals surface area contributed by atoms with Crippen LogP contribution in [0.4, 0.5) is 0 Å². The van der Waals surface area contributed by atoms with Crippen molar-refractivity contribution in [3.05, 3.63) is 40.9 Å². The lowest BCUT2D eigenvalue weighted by Crippen LogP contribution is -2.37. The van der Waals surface area contributed by atoms with Gasteiger partial charge < -0.3 is 0 Å². The minimum absolute atomic E-state index is 0.155. The Bertz CT molecular complexity index is 341. The molecule has 0 saturated heterocycles. The predicted molar refractivity (Wildman–Crippen MR) is 70.8 cm³/mol. The Morgan fingerprint density at radius 2 is 2.27 bits per heavy atom. The van der Waals surface area contributed by atoms with Gasteiger partial charge in [-0.25, -0.2) is 0 Å². The third kappa shape index (κ3) is 3.99. The molecule has 3 N–H and O–H groups in total. The van der Waals surface area contributed by atoms with Crippen molar-refractivity contribution in [2.24, 2.45) is 5.84 Å². The molecule has 15 heavy (non-hydrogen) atoms. The fraction of sp³-hybridized carbons (Fsp3) is 0.273. The molecular formula is C11H15BrN2S. The average Bonchev–Trinajstić information content (AvgIpc) is 2.21. The second kappa shape index (κ2) is 6.33. The highest BCUT2D eigenvalue weighted by atomic mass is 79.9. The summed E-state index contributed by atoms with van der Waals surface area (Å²) in [6.45, 7) is 5.87. The molecule has 1 rings (SSSR count). The van der Waals surface area contributed by atoms with E-state index in [0.29, 0.717) is 0 Å². The number of hydrogen-bond acceptors (Lipinski definition) is 3. The fourth-order valence-electron chi connectivity index (χ4n) is 1.07. The van der Waals surface area contributed by atoms with E-state index in [9.17, 15) is 0 Å². The van der Waals surface area contributed by atoms with Crippen LogP contribution >= 0.6 is 27.7 Å². The summed E-state index contributed by atoms with van der Waals surface area (Å²) < 4.78 is 1.12. The molecule has 4 heteroatoms. The second-order valence-corrected chi connectivity index (χ2v) is 5.22. The number of rotatable bonds is 5. The summed E-state index contributed by atoms with van der Waals surface area (Å²) in [6, 6.07) is 8.31. The Balaban J connectivity index is 2.56. The maximum absolute atomic E-state index is 5.44. The standard InChI is InChI=1S/C11H15BrN2S/c1-8(2)10(14-13)7-15-11-6-4-3-5-9(11)12/h3-6,10,14H,1,7,13H2,2H3. The first-order valence-electron chi connectivity index (χ1n) is 4.64. The summed E-state index contributed by atoms with van der Waals surface area (Å²) in [5.74, 6) is 6.32. The smallest absolute Gasteiger partial charge is 0.0508 e. The molecule has 0 amide bonds. The number of nitrogens with two attached hydrogens (primary N) is 1. The van der Waals surface area contributed by atoms with E-state index in [-0.39, 0.29) is 6.04 Å². The monoisotopic (exact) mass is 286 g/mol. The van der Waals surface area contributed by atoms with Crippen LogP contribution in [0.5, 0.6) is 0 Å². The van der Waals surface area contributed by atoms with Gasteiger partial charge in [-0.15, -0.1) is 11.8 Å². The molecule has 2 nitrogen and oxygen atoms in total. The van der Waals surface area contributed by atoms with Gasteiger partial charge in [0.05, 0.1) is 6.04 Å².